The highest BCUT2D eigenvalue weighted by Crippen LogP contribution is 2.26. The molecule has 0 saturated heterocycles. The summed E-state index contributed by atoms with van der Waals surface area (Å²) in [5, 5.41) is 0. The van der Waals surface area contributed by atoms with Crippen LogP contribution in [0.25, 0.3) is 11.3 Å². The standard InChI is InChI=1S/C10H9FN2O/c1-14-9-4-2-3-7(10(9)11)8-5-12-6-13-8/h2-6H,1H3,(H,12,13). The fourth-order valence-corrected chi connectivity index (χ4v) is 1.28. The van der Waals surface area contributed by atoms with Crippen LogP contribution in [0.3, 0.4) is 0 Å². The first-order valence-electron chi connectivity index (χ1n) is 4.14. The summed E-state index contributed by atoms with van der Waals surface area (Å²) in [6.45, 7) is 0. The van der Waals surface area contributed by atoms with Crippen LogP contribution in [0.5, 0.6) is 5.75 Å². The minimum atomic E-state index is -0.376. The maximum absolute atomic E-state index is 13.7. The Kier molecular flexibility index (Phi) is 2.18. The van der Waals surface area contributed by atoms with Crippen LogP contribution < -0.4 is 4.74 Å². The maximum atomic E-state index is 13.7. The Bertz CT molecular complexity index is 426. The Hall–Kier alpha value is -1.84. The lowest BCUT2D eigenvalue weighted by Gasteiger charge is -2.04. The Morgan fingerprint density at radius 2 is 2.29 bits per heavy atom. The smallest absolute Gasteiger partial charge is 0.174 e. The molecule has 0 radical (unpaired) electrons. The van der Waals surface area contributed by atoms with Gasteiger partial charge in [0.1, 0.15) is 0 Å². The minimum Gasteiger partial charge on any atom is -0.494 e. The van der Waals surface area contributed by atoms with Gasteiger partial charge in [-0.15, -0.1) is 0 Å². The van der Waals surface area contributed by atoms with E-state index in [0.29, 0.717) is 11.3 Å². The van der Waals surface area contributed by atoms with Crippen molar-refractivity contribution in [2.24, 2.45) is 0 Å². The molecule has 0 bridgehead atoms. The van der Waals surface area contributed by atoms with Crippen LogP contribution in [0.4, 0.5) is 4.39 Å². The molecule has 1 heterocycles. The van der Waals surface area contributed by atoms with Crippen LogP contribution >= 0.6 is 0 Å². The number of hydrogen-bond acceptors (Lipinski definition) is 2. The molecule has 4 heteroatoms. The topological polar surface area (TPSA) is 37.9 Å². The van der Waals surface area contributed by atoms with E-state index in [0.717, 1.165) is 0 Å². The van der Waals surface area contributed by atoms with Crippen LogP contribution in [-0.4, -0.2) is 17.1 Å². The predicted molar refractivity (Wildman–Crippen MR) is 50.5 cm³/mol. The second kappa shape index (κ2) is 3.49. The van der Waals surface area contributed by atoms with E-state index in [4.69, 9.17) is 4.74 Å². The molecular formula is C10H9FN2O. The van der Waals surface area contributed by atoms with Crippen LogP contribution in [0.2, 0.25) is 0 Å². The number of H-pyrrole nitrogens is 1. The highest BCUT2D eigenvalue weighted by atomic mass is 19.1. The zero-order chi connectivity index (χ0) is 9.97. The second-order valence-corrected chi connectivity index (χ2v) is 2.79. The molecule has 0 spiro atoms. The number of halogens is 1. The van der Waals surface area contributed by atoms with Crippen LogP contribution in [-0.2, 0) is 0 Å². The van der Waals surface area contributed by atoms with Gasteiger partial charge in [0.05, 0.1) is 25.3 Å². The summed E-state index contributed by atoms with van der Waals surface area (Å²) < 4.78 is 18.5. The third kappa shape index (κ3) is 1.35. The lowest BCUT2D eigenvalue weighted by atomic mass is 10.1. The van der Waals surface area contributed by atoms with E-state index in [1.807, 2.05) is 0 Å². The number of methoxy groups -OCH3 is 1. The Labute approximate surface area is 80.6 Å². The maximum Gasteiger partial charge on any atom is 0.174 e. The number of aromatic nitrogens is 2. The third-order valence-corrected chi connectivity index (χ3v) is 1.97. The number of imidazole rings is 1. The van der Waals surface area contributed by atoms with Gasteiger partial charge in [-0.1, -0.05) is 6.07 Å². The van der Waals surface area contributed by atoms with Crippen molar-refractivity contribution in [3.63, 3.8) is 0 Å². The lowest BCUT2D eigenvalue weighted by Crippen LogP contribution is -1.90. The van der Waals surface area contributed by atoms with Crippen molar-refractivity contribution in [2.75, 3.05) is 7.11 Å². The molecule has 2 aromatic rings. The van der Waals surface area contributed by atoms with Gasteiger partial charge in [-0.25, -0.2) is 9.37 Å². The highest BCUT2D eigenvalue weighted by Gasteiger charge is 2.10. The molecule has 14 heavy (non-hydrogen) atoms. The molecule has 0 fully saturated rings. The normalized spacial score (nSPS) is 10.1. The van der Waals surface area contributed by atoms with Crippen molar-refractivity contribution in [1.82, 2.24) is 9.97 Å². The van der Waals surface area contributed by atoms with Crippen molar-refractivity contribution in [2.45, 2.75) is 0 Å². The van der Waals surface area contributed by atoms with E-state index < -0.39 is 0 Å². The van der Waals surface area contributed by atoms with Crippen LogP contribution in [0.15, 0.2) is 30.7 Å². The summed E-state index contributed by atoms with van der Waals surface area (Å²) in [5.74, 6) is -0.142. The summed E-state index contributed by atoms with van der Waals surface area (Å²) in [6, 6.07) is 4.98. The predicted octanol–water partition coefficient (Wildman–Crippen LogP) is 2.22. The SMILES string of the molecule is COc1cccc(-c2cnc[nH]2)c1F. The number of benzene rings is 1. The van der Waals surface area contributed by atoms with E-state index in [1.165, 1.54) is 13.4 Å². The van der Waals surface area contributed by atoms with E-state index in [2.05, 4.69) is 9.97 Å². The molecule has 0 atom stereocenters. The van der Waals surface area contributed by atoms with E-state index >= 15 is 0 Å². The monoisotopic (exact) mass is 192 g/mol. The van der Waals surface area contributed by atoms with Crippen LogP contribution in [0.1, 0.15) is 0 Å². The minimum absolute atomic E-state index is 0.233. The van der Waals surface area contributed by atoms with Crippen molar-refractivity contribution < 1.29 is 9.13 Å². The first-order chi connectivity index (χ1) is 6.83. The molecule has 2 rings (SSSR count). The molecule has 72 valence electrons. The number of rotatable bonds is 2. The first-order valence-corrected chi connectivity index (χ1v) is 4.14. The molecule has 1 aromatic heterocycles. The molecule has 0 aliphatic carbocycles. The van der Waals surface area contributed by atoms with Gasteiger partial charge in [0, 0.05) is 5.56 Å². The van der Waals surface area contributed by atoms with Gasteiger partial charge in [-0.3, -0.25) is 0 Å². The van der Waals surface area contributed by atoms with Gasteiger partial charge in [0.25, 0.3) is 0 Å². The van der Waals surface area contributed by atoms with Crippen molar-refractivity contribution in [1.29, 1.82) is 0 Å². The molecule has 3 nitrogen and oxygen atoms in total. The van der Waals surface area contributed by atoms with Crippen LogP contribution in [0, 0.1) is 5.82 Å². The first kappa shape index (κ1) is 8.74. The third-order valence-electron chi connectivity index (χ3n) is 1.97. The van der Waals surface area contributed by atoms with Gasteiger partial charge in [0.2, 0.25) is 0 Å². The Morgan fingerprint density at radius 1 is 1.43 bits per heavy atom. The van der Waals surface area contributed by atoms with E-state index in [1.54, 1.807) is 24.4 Å². The number of nitrogens with zero attached hydrogens (tertiary/aromatic N) is 1. The second-order valence-electron chi connectivity index (χ2n) is 2.79. The van der Waals surface area contributed by atoms with Crippen molar-refractivity contribution in [3.8, 4) is 17.0 Å². The number of hydrogen-bond donors (Lipinski definition) is 1. The van der Waals surface area contributed by atoms with Crippen molar-refractivity contribution >= 4 is 0 Å². The molecule has 0 aliphatic rings. The highest BCUT2D eigenvalue weighted by molar-refractivity contribution is 5.61. The average Bonchev–Trinajstić information content (AvgIpc) is 2.71. The van der Waals surface area contributed by atoms with Gasteiger partial charge >= 0.3 is 0 Å². The van der Waals surface area contributed by atoms with E-state index in [9.17, 15) is 4.39 Å². The Morgan fingerprint density at radius 3 is 2.93 bits per heavy atom. The molecule has 0 saturated carbocycles. The molecule has 1 aromatic carbocycles. The Balaban J connectivity index is 2.54. The quantitative estimate of drug-likeness (QED) is 0.792. The molecule has 0 amide bonds. The molecular weight excluding hydrogens is 183 g/mol. The summed E-state index contributed by atoms with van der Waals surface area (Å²) in [7, 11) is 1.44. The van der Waals surface area contributed by atoms with Gasteiger partial charge in [-0.05, 0) is 12.1 Å². The summed E-state index contributed by atoms with van der Waals surface area (Å²) in [4.78, 5) is 6.67. The number of nitrogens with one attached hydrogen (secondary N) is 1. The zero-order valence-electron chi connectivity index (χ0n) is 7.62. The summed E-state index contributed by atoms with van der Waals surface area (Å²) >= 11 is 0. The van der Waals surface area contributed by atoms with Gasteiger partial charge < -0.3 is 9.72 Å². The molecule has 0 aliphatic heterocycles. The summed E-state index contributed by atoms with van der Waals surface area (Å²) in [5.41, 5.74) is 1.10. The van der Waals surface area contributed by atoms with Gasteiger partial charge in [0.15, 0.2) is 11.6 Å². The fraction of sp³-hybridized carbons (Fsp3) is 0.100. The molecule has 0 unspecified atom stereocenters. The van der Waals surface area contributed by atoms with Gasteiger partial charge in [-0.2, -0.15) is 0 Å². The largest absolute Gasteiger partial charge is 0.494 e. The number of ether oxygens (including phenoxy) is 1. The van der Waals surface area contributed by atoms with Crippen molar-refractivity contribution in [3.05, 3.63) is 36.5 Å². The lowest BCUT2D eigenvalue weighted by molar-refractivity contribution is 0.387. The molecule has 1 N–H and O–H groups in total. The van der Waals surface area contributed by atoms with E-state index in [-0.39, 0.29) is 11.6 Å². The fourth-order valence-electron chi connectivity index (χ4n) is 1.28. The zero-order valence-corrected chi connectivity index (χ0v) is 7.62. The number of aromatic amines is 1. The average molecular weight is 192 g/mol. The summed E-state index contributed by atoms with van der Waals surface area (Å²) in [6.07, 6.45) is 3.08.